The summed E-state index contributed by atoms with van der Waals surface area (Å²) in [4.78, 5) is 2.29. The molecule has 88 valence electrons. The van der Waals surface area contributed by atoms with Gasteiger partial charge in [-0.1, -0.05) is 28.1 Å². The fourth-order valence-corrected chi connectivity index (χ4v) is 2.19. The van der Waals surface area contributed by atoms with Gasteiger partial charge in [-0.3, -0.25) is 4.90 Å². The van der Waals surface area contributed by atoms with Crippen molar-refractivity contribution in [3.63, 3.8) is 0 Å². The lowest BCUT2D eigenvalue weighted by molar-refractivity contribution is 0.105. The third-order valence-corrected chi connectivity index (χ3v) is 3.42. The highest BCUT2D eigenvalue weighted by Crippen LogP contribution is 2.17. The summed E-state index contributed by atoms with van der Waals surface area (Å²) in [6, 6.07) is 7.88. The summed E-state index contributed by atoms with van der Waals surface area (Å²) in [6.07, 6.45) is -0.383. The van der Waals surface area contributed by atoms with E-state index in [1.54, 1.807) is 0 Å². The van der Waals surface area contributed by atoms with Gasteiger partial charge in [0.25, 0.3) is 0 Å². The average Bonchev–Trinajstić information content (AvgIpc) is 2.31. The Morgan fingerprint density at radius 3 is 2.50 bits per heavy atom. The molecule has 1 aromatic carbocycles. The number of β-amino-alcohol motifs (C(OH)–C–C–N with tert-alkyl or cyclic N) is 1. The highest BCUT2D eigenvalue weighted by molar-refractivity contribution is 9.10. The molecular formula is C12H17BrN2O. The summed E-state index contributed by atoms with van der Waals surface area (Å²) in [7, 11) is 0. The lowest BCUT2D eigenvalue weighted by Crippen LogP contribution is -2.44. The minimum Gasteiger partial charge on any atom is -0.387 e. The van der Waals surface area contributed by atoms with Gasteiger partial charge >= 0.3 is 0 Å². The molecule has 1 aromatic rings. The molecule has 0 amide bonds. The van der Waals surface area contributed by atoms with Gasteiger partial charge in [0.2, 0.25) is 0 Å². The van der Waals surface area contributed by atoms with Crippen molar-refractivity contribution in [2.75, 3.05) is 32.7 Å². The quantitative estimate of drug-likeness (QED) is 0.881. The standard InChI is InChI=1S/C12H17BrN2O/c13-11-3-1-10(2-4-11)12(16)9-15-7-5-14-6-8-15/h1-4,12,14,16H,5-9H2. The van der Waals surface area contributed by atoms with E-state index in [1.165, 1.54) is 0 Å². The molecule has 2 N–H and O–H groups in total. The molecule has 1 atom stereocenters. The lowest BCUT2D eigenvalue weighted by Gasteiger charge is -2.29. The predicted molar refractivity (Wildman–Crippen MR) is 68.4 cm³/mol. The summed E-state index contributed by atoms with van der Waals surface area (Å²) >= 11 is 3.39. The highest BCUT2D eigenvalue weighted by Gasteiger charge is 2.15. The van der Waals surface area contributed by atoms with Crippen molar-refractivity contribution >= 4 is 15.9 Å². The van der Waals surface area contributed by atoms with Gasteiger partial charge in [0.1, 0.15) is 0 Å². The van der Waals surface area contributed by atoms with E-state index in [1.807, 2.05) is 24.3 Å². The van der Waals surface area contributed by atoms with Gasteiger partial charge < -0.3 is 10.4 Å². The summed E-state index contributed by atoms with van der Waals surface area (Å²) in [6.45, 7) is 4.81. The summed E-state index contributed by atoms with van der Waals surface area (Å²) in [5.74, 6) is 0. The number of nitrogens with one attached hydrogen (secondary N) is 1. The summed E-state index contributed by atoms with van der Waals surface area (Å²) in [5, 5.41) is 13.4. The minimum atomic E-state index is -0.383. The van der Waals surface area contributed by atoms with E-state index >= 15 is 0 Å². The molecule has 1 unspecified atom stereocenters. The monoisotopic (exact) mass is 284 g/mol. The topological polar surface area (TPSA) is 35.5 Å². The first-order valence-corrected chi connectivity index (χ1v) is 6.41. The van der Waals surface area contributed by atoms with Gasteiger partial charge in [0, 0.05) is 37.2 Å². The molecule has 1 saturated heterocycles. The Morgan fingerprint density at radius 2 is 1.88 bits per heavy atom. The van der Waals surface area contributed by atoms with Crippen LogP contribution < -0.4 is 5.32 Å². The largest absolute Gasteiger partial charge is 0.387 e. The first-order chi connectivity index (χ1) is 7.75. The van der Waals surface area contributed by atoms with Crippen LogP contribution in [-0.4, -0.2) is 42.7 Å². The summed E-state index contributed by atoms with van der Waals surface area (Å²) in [5.41, 5.74) is 0.988. The number of hydrogen-bond donors (Lipinski definition) is 2. The molecule has 16 heavy (non-hydrogen) atoms. The van der Waals surface area contributed by atoms with Crippen LogP contribution in [0.15, 0.2) is 28.7 Å². The maximum absolute atomic E-state index is 10.1. The smallest absolute Gasteiger partial charge is 0.0916 e. The van der Waals surface area contributed by atoms with E-state index in [0.29, 0.717) is 0 Å². The fourth-order valence-electron chi connectivity index (χ4n) is 1.93. The van der Waals surface area contributed by atoms with Gasteiger partial charge in [-0.2, -0.15) is 0 Å². The molecule has 0 aromatic heterocycles. The predicted octanol–water partition coefficient (Wildman–Crippen LogP) is 1.39. The number of rotatable bonds is 3. The van der Waals surface area contributed by atoms with E-state index in [2.05, 4.69) is 26.1 Å². The molecule has 2 rings (SSSR count). The maximum Gasteiger partial charge on any atom is 0.0916 e. The van der Waals surface area contributed by atoms with Gasteiger partial charge in [-0.15, -0.1) is 0 Å². The fraction of sp³-hybridized carbons (Fsp3) is 0.500. The highest BCUT2D eigenvalue weighted by atomic mass is 79.9. The number of aliphatic hydroxyl groups excluding tert-OH is 1. The number of benzene rings is 1. The minimum absolute atomic E-state index is 0.383. The molecule has 1 fully saturated rings. The second kappa shape index (κ2) is 5.77. The maximum atomic E-state index is 10.1. The van der Waals surface area contributed by atoms with Crippen LogP contribution in [0.5, 0.6) is 0 Å². The molecule has 0 spiro atoms. The average molecular weight is 285 g/mol. The molecule has 1 heterocycles. The Hall–Kier alpha value is -0.420. The van der Waals surface area contributed by atoms with Crippen molar-refractivity contribution in [3.05, 3.63) is 34.3 Å². The molecule has 4 heteroatoms. The number of piperazine rings is 1. The zero-order chi connectivity index (χ0) is 11.4. The molecule has 0 saturated carbocycles. The zero-order valence-corrected chi connectivity index (χ0v) is 10.8. The number of hydrogen-bond acceptors (Lipinski definition) is 3. The van der Waals surface area contributed by atoms with Crippen LogP contribution in [0.2, 0.25) is 0 Å². The number of nitrogens with zero attached hydrogens (tertiary/aromatic N) is 1. The zero-order valence-electron chi connectivity index (χ0n) is 9.19. The van der Waals surface area contributed by atoms with Crippen LogP contribution in [0, 0.1) is 0 Å². The van der Waals surface area contributed by atoms with Crippen molar-refractivity contribution in [2.45, 2.75) is 6.10 Å². The lowest BCUT2D eigenvalue weighted by atomic mass is 10.1. The van der Waals surface area contributed by atoms with Crippen LogP contribution in [0.25, 0.3) is 0 Å². The van der Waals surface area contributed by atoms with Crippen LogP contribution in [0.1, 0.15) is 11.7 Å². The second-order valence-corrected chi connectivity index (χ2v) is 5.03. The number of halogens is 1. The van der Waals surface area contributed by atoms with E-state index in [-0.39, 0.29) is 6.10 Å². The molecule has 0 bridgehead atoms. The van der Waals surface area contributed by atoms with Crippen molar-refractivity contribution in [3.8, 4) is 0 Å². The SMILES string of the molecule is OC(CN1CCNCC1)c1ccc(Br)cc1. The molecule has 0 radical (unpaired) electrons. The van der Waals surface area contributed by atoms with Crippen molar-refractivity contribution in [1.82, 2.24) is 10.2 Å². The Morgan fingerprint density at radius 1 is 1.25 bits per heavy atom. The van der Waals surface area contributed by atoms with Gasteiger partial charge in [0.05, 0.1) is 6.10 Å². The van der Waals surface area contributed by atoms with Crippen molar-refractivity contribution < 1.29 is 5.11 Å². The van der Waals surface area contributed by atoms with Crippen LogP contribution in [0.4, 0.5) is 0 Å². The van der Waals surface area contributed by atoms with Crippen LogP contribution in [0.3, 0.4) is 0 Å². The van der Waals surface area contributed by atoms with E-state index in [9.17, 15) is 5.11 Å². The Balaban J connectivity index is 1.91. The molecule has 1 aliphatic rings. The van der Waals surface area contributed by atoms with E-state index in [4.69, 9.17) is 0 Å². The van der Waals surface area contributed by atoms with E-state index < -0.39 is 0 Å². The Labute approximate surface area is 105 Å². The first-order valence-electron chi connectivity index (χ1n) is 5.62. The summed E-state index contributed by atoms with van der Waals surface area (Å²) < 4.78 is 1.05. The Kier molecular flexibility index (Phi) is 4.35. The third kappa shape index (κ3) is 3.28. The molecule has 1 aliphatic heterocycles. The first kappa shape index (κ1) is 12.0. The van der Waals surface area contributed by atoms with Gasteiger partial charge in [-0.05, 0) is 17.7 Å². The molecule has 3 nitrogen and oxygen atoms in total. The normalized spacial score (nSPS) is 19.6. The van der Waals surface area contributed by atoms with Gasteiger partial charge in [0.15, 0.2) is 0 Å². The molecule has 0 aliphatic carbocycles. The van der Waals surface area contributed by atoms with Crippen LogP contribution in [-0.2, 0) is 0 Å². The third-order valence-electron chi connectivity index (χ3n) is 2.90. The van der Waals surface area contributed by atoms with E-state index in [0.717, 1.165) is 42.8 Å². The molecular weight excluding hydrogens is 268 g/mol. The van der Waals surface area contributed by atoms with Crippen molar-refractivity contribution in [1.29, 1.82) is 0 Å². The van der Waals surface area contributed by atoms with Gasteiger partial charge in [-0.25, -0.2) is 0 Å². The Bertz CT molecular complexity index is 322. The number of aliphatic hydroxyl groups is 1. The van der Waals surface area contributed by atoms with Crippen LogP contribution >= 0.6 is 15.9 Å². The van der Waals surface area contributed by atoms with Crippen molar-refractivity contribution in [2.24, 2.45) is 0 Å². The second-order valence-electron chi connectivity index (χ2n) is 4.12.